The summed E-state index contributed by atoms with van der Waals surface area (Å²) in [5, 5.41) is 12.8. The molecule has 1 aliphatic rings. The SMILES string of the molecule is COc1cc(O)cc(-c2cn(-c3cc(N=O)ccc3C(F)(F)F)c(=O)c3c2CCC3)c1. The van der Waals surface area contributed by atoms with Crippen LogP contribution < -0.4 is 10.3 Å². The maximum atomic E-state index is 13.7. The first kappa shape index (κ1) is 20.6. The number of nitrogens with zero attached hydrogens (tertiary/aromatic N) is 2. The molecule has 9 heteroatoms. The van der Waals surface area contributed by atoms with Crippen LogP contribution in [0.4, 0.5) is 18.9 Å². The number of hydrogen-bond donors (Lipinski definition) is 1. The summed E-state index contributed by atoms with van der Waals surface area (Å²) in [7, 11) is 1.43. The highest BCUT2D eigenvalue weighted by Gasteiger charge is 2.35. The lowest BCUT2D eigenvalue weighted by atomic mass is 9.98. The number of phenolic OH excluding ortho intramolecular Hbond substituents is 1. The Hall–Kier alpha value is -3.62. The zero-order chi connectivity index (χ0) is 22.3. The van der Waals surface area contributed by atoms with E-state index in [0.717, 1.165) is 28.3 Å². The number of benzene rings is 2. The van der Waals surface area contributed by atoms with Gasteiger partial charge in [-0.15, -0.1) is 4.91 Å². The number of pyridine rings is 1. The van der Waals surface area contributed by atoms with Crippen LogP contribution >= 0.6 is 0 Å². The first-order valence-corrected chi connectivity index (χ1v) is 9.43. The third-order valence-electron chi connectivity index (χ3n) is 5.37. The van der Waals surface area contributed by atoms with Gasteiger partial charge in [-0.2, -0.15) is 13.2 Å². The van der Waals surface area contributed by atoms with Gasteiger partial charge in [-0.05, 0) is 65.9 Å². The molecule has 1 heterocycles. The van der Waals surface area contributed by atoms with E-state index in [4.69, 9.17) is 4.74 Å². The summed E-state index contributed by atoms with van der Waals surface area (Å²) in [6, 6.07) is 7.14. The molecule has 1 aliphatic carbocycles. The van der Waals surface area contributed by atoms with Crippen molar-refractivity contribution in [2.45, 2.75) is 25.4 Å². The van der Waals surface area contributed by atoms with Crippen LogP contribution in [0.3, 0.4) is 0 Å². The van der Waals surface area contributed by atoms with Crippen LogP contribution in [0.1, 0.15) is 23.1 Å². The van der Waals surface area contributed by atoms with Gasteiger partial charge >= 0.3 is 6.18 Å². The second kappa shape index (κ2) is 7.57. The van der Waals surface area contributed by atoms with Gasteiger partial charge in [0.1, 0.15) is 17.2 Å². The van der Waals surface area contributed by atoms with Crippen LogP contribution in [0.5, 0.6) is 11.5 Å². The number of aromatic hydroxyl groups is 1. The summed E-state index contributed by atoms with van der Waals surface area (Å²) in [5.41, 5.74) is -0.171. The maximum Gasteiger partial charge on any atom is 0.418 e. The Morgan fingerprint density at radius 1 is 1.10 bits per heavy atom. The third kappa shape index (κ3) is 3.67. The number of hydrogen-bond acceptors (Lipinski definition) is 5. The summed E-state index contributed by atoms with van der Waals surface area (Å²) in [6.45, 7) is 0. The first-order valence-electron chi connectivity index (χ1n) is 9.43. The Morgan fingerprint density at radius 3 is 2.52 bits per heavy atom. The molecule has 31 heavy (non-hydrogen) atoms. The van der Waals surface area contributed by atoms with E-state index in [9.17, 15) is 28.0 Å². The highest BCUT2D eigenvalue weighted by molar-refractivity contribution is 5.72. The minimum atomic E-state index is -4.75. The number of rotatable bonds is 4. The molecule has 0 saturated carbocycles. The van der Waals surface area contributed by atoms with E-state index in [-0.39, 0.29) is 11.4 Å². The number of aromatic nitrogens is 1. The fourth-order valence-electron chi connectivity index (χ4n) is 3.99. The van der Waals surface area contributed by atoms with Crippen molar-refractivity contribution in [2.24, 2.45) is 5.18 Å². The molecular weight excluding hydrogens is 413 g/mol. The van der Waals surface area contributed by atoms with Gasteiger partial charge in [0.25, 0.3) is 5.56 Å². The predicted octanol–water partition coefficient (Wildman–Crippen LogP) is 5.12. The third-order valence-corrected chi connectivity index (χ3v) is 5.37. The molecule has 6 nitrogen and oxygen atoms in total. The Morgan fingerprint density at radius 2 is 1.84 bits per heavy atom. The molecule has 1 N–H and O–H groups in total. The average Bonchev–Trinajstić information content (AvgIpc) is 3.23. The fourth-order valence-corrected chi connectivity index (χ4v) is 3.99. The molecule has 0 aliphatic heterocycles. The van der Waals surface area contributed by atoms with E-state index in [1.54, 1.807) is 6.07 Å². The first-order chi connectivity index (χ1) is 14.7. The largest absolute Gasteiger partial charge is 0.508 e. The van der Waals surface area contributed by atoms with Crippen LogP contribution in [0, 0.1) is 4.91 Å². The molecule has 0 fully saturated rings. The van der Waals surface area contributed by atoms with E-state index >= 15 is 0 Å². The Balaban J connectivity index is 2.05. The topological polar surface area (TPSA) is 80.9 Å². The lowest BCUT2D eigenvalue weighted by molar-refractivity contribution is -0.137. The van der Waals surface area contributed by atoms with Gasteiger partial charge in [-0.1, -0.05) is 0 Å². The number of fused-ring (bicyclic) bond motifs is 1. The molecule has 3 aromatic rings. The zero-order valence-corrected chi connectivity index (χ0v) is 16.4. The highest BCUT2D eigenvalue weighted by atomic mass is 19.4. The van der Waals surface area contributed by atoms with Crippen LogP contribution in [0.25, 0.3) is 16.8 Å². The molecule has 1 aromatic heterocycles. The van der Waals surface area contributed by atoms with Gasteiger partial charge in [0, 0.05) is 23.4 Å². The molecular formula is C22H17F3N2O4. The molecule has 160 valence electrons. The number of nitroso groups, excluding NO2 is 1. The Kier molecular flexibility index (Phi) is 5.04. The van der Waals surface area contributed by atoms with Gasteiger partial charge in [-0.25, -0.2) is 0 Å². The Bertz CT molecular complexity index is 1250. The number of alkyl halides is 3. The van der Waals surface area contributed by atoms with Gasteiger partial charge in [0.05, 0.1) is 18.4 Å². The quantitative estimate of drug-likeness (QED) is 0.583. The predicted molar refractivity (Wildman–Crippen MR) is 108 cm³/mol. The summed E-state index contributed by atoms with van der Waals surface area (Å²) >= 11 is 0. The van der Waals surface area contributed by atoms with E-state index in [1.165, 1.54) is 25.4 Å². The molecule has 0 spiro atoms. The van der Waals surface area contributed by atoms with Gasteiger partial charge in [-0.3, -0.25) is 9.36 Å². The lowest BCUT2D eigenvalue weighted by Crippen LogP contribution is -2.25. The van der Waals surface area contributed by atoms with E-state index in [1.807, 2.05) is 0 Å². The summed E-state index contributed by atoms with van der Waals surface area (Å²) in [6.07, 6.45) is -1.74. The molecule has 0 atom stereocenters. The second-order valence-electron chi connectivity index (χ2n) is 7.24. The van der Waals surface area contributed by atoms with Crippen molar-refractivity contribution in [1.29, 1.82) is 0 Å². The van der Waals surface area contributed by atoms with E-state index < -0.39 is 23.0 Å². The van der Waals surface area contributed by atoms with Crippen LogP contribution in [-0.4, -0.2) is 16.8 Å². The normalized spacial score (nSPS) is 13.2. The van der Waals surface area contributed by atoms with Crippen molar-refractivity contribution >= 4 is 5.69 Å². The molecule has 0 radical (unpaired) electrons. The van der Waals surface area contributed by atoms with E-state index in [2.05, 4.69) is 5.18 Å². The second-order valence-corrected chi connectivity index (χ2v) is 7.24. The lowest BCUT2D eigenvalue weighted by Gasteiger charge is -2.18. The number of ether oxygens (including phenoxy) is 1. The van der Waals surface area contributed by atoms with Crippen LogP contribution in [0.15, 0.2) is 52.6 Å². The minimum absolute atomic E-state index is 0.0815. The summed E-state index contributed by atoms with van der Waals surface area (Å²) in [5.74, 6) is 0.282. The monoisotopic (exact) mass is 430 g/mol. The highest BCUT2D eigenvalue weighted by Crippen LogP contribution is 2.38. The molecule has 0 bridgehead atoms. The van der Waals surface area contributed by atoms with Gasteiger partial charge < -0.3 is 9.84 Å². The molecule has 0 amide bonds. The molecule has 4 rings (SSSR count). The van der Waals surface area contributed by atoms with Crippen LogP contribution in [-0.2, 0) is 19.0 Å². The van der Waals surface area contributed by atoms with Crippen LogP contribution in [0.2, 0.25) is 0 Å². The summed E-state index contributed by atoms with van der Waals surface area (Å²) in [4.78, 5) is 24.1. The van der Waals surface area contributed by atoms with Crippen molar-refractivity contribution in [2.75, 3.05) is 7.11 Å². The molecule has 0 unspecified atom stereocenters. The van der Waals surface area contributed by atoms with Crippen molar-refractivity contribution in [3.8, 4) is 28.3 Å². The molecule has 0 saturated heterocycles. The van der Waals surface area contributed by atoms with Crippen molar-refractivity contribution < 1.29 is 23.0 Å². The molecule has 2 aromatic carbocycles. The van der Waals surface area contributed by atoms with Gasteiger partial charge in [0.15, 0.2) is 0 Å². The van der Waals surface area contributed by atoms with E-state index in [0.29, 0.717) is 41.7 Å². The number of phenols is 1. The average molecular weight is 430 g/mol. The Labute approximate surface area is 174 Å². The fraction of sp³-hybridized carbons (Fsp3) is 0.227. The summed E-state index contributed by atoms with van der Waals surface area (Å²) < 4.78 is 47.1. The standard InChI is InChI=1S/C22H17F3N2O4/c1-31-15-8-12(7-14(28)10-15)18-11-27(21(29)17-4-2-3-16(17)18)20-9-13(26-30)5-6-19(20)22(23,24)25/h5-11,28H,2-4H2,1H3. The number of halogens is 3. The minimum Gasteiger partial charge on any atom is -0.508 e. The van der Waals surface area contributed by atoms with Crippen molar-refractivity contribution in [3.05, 3.63) is 74.5 Å². The van der Waals surface area contributed by atoms with Crippen molar-refractivity contribution in [1.82, 2.24) is 4.57 Å². The smallest absolute Gasteiger partial charge is 0.418 e. The van der Waals surface area contributed by atoms with Gasteiger partial charge in [0.2, 0.25) is 0 Å². The maximum absolute atomic E-state index is 13.7. The number of methoxy groups -OCH3 is 1. The van der Waals surface area contributed by atoms with Crippen molar-refractivity contribution in [3.63, 3.8) is 0 Å². The zero-order valence-electron chi connectivity index (χ0n) is 16.4.